The van der Waals surface area contributed by atoms with Crippen LogP contribution in [-0.4, -0.2) is 74.4 Å². The van der Waals surface area contributed by atoms with Gasteiger partial charge in [-0.1, -0.05) is 103 Å². The smallest absolute Gasteiger partial charge is 0.247 e. The molecule has 4 aliphatic heterocycles. The number of hydrogen-bond donors (Lipinski definition) is 1. The number of fused-ring (bicyclic) bond motifs is 2. The highest BCUT2D eigenvalue weighted by atomic mass is 32.2. The molecule has 7 rings (SSSR count). The monoisotopic (exact) mass is 605 g/mol. The van der Waals surface area contributed by atoms with Gasteiger partial charge in [0, 0.05) is 30.6 Å². The summed E-state index contributed by atoms with van der Waals surface area (Å²) in [6.45, 7) is 0.936. The number of likely N-dealkylation sites (tertiary alicyclic amines) is 1. The third-order valence-electron chi connectivity index (χ3n) is 9.38. The number of nitrogens with zero attached hydrogens (tertiary/aromatic N) is 3. The van der Waals surface area contributed by atoms with Crippen molar-refractivity contribution in [3.63, 3.8) is 0 Å². The average molecular weight is 606 g/mol. The summed E-state index contributed by atoms with van der Waals surface area (Å²) in [5.41, 5.74) is 2.75. The number of carbonyl (C=O) groups excluding carboxylic acids is 3. The average Bonchev–Trinajstić information content (AvgIpc) is 3.38. The molecule has 3 aromatic carbocycles. The van der Waals surface area contributed by atoms with Gasteiger partial charge in [0.15, 0.2) is 0 Å². The van der Waals surface area contributed by atoms with Gasteiger partial charge in [-0.3, -0.25) is 14.4 Å². The van der Waals surface area contributed by atoms with Crippen LogP contribution in [-0.2, 0) is 27.3 Å². The van der Waals surface area contributed by atoms with Crippen LogP contribution in [0.3, 0.4) is 0 Å². The molecule has 1 spiro atoms. The highest BCUT2D eigenvalue weighted by Gasteiger charge is 2.71. The van der Waals surface area contributed by atoms with E-state index in [4.69, 9.17) is 0 Å². The van der Waals surface area contributed by atoms with Crippen LogP contribution in [0.4, 0.5) is 5.69 Å². The van der Waals surface area contributed by atoms with Crippen molar-refractivity contribution in [2.24, 2.45) is 11.8 Å². The van der Waals surface area contributed by atoms with E-state index in [1.54, 1.807) is 26.5 Å². The van der Waals surface area contributed by atoms with Gasteiger partial charge in [0.25, 0.3) is 0 Å². The molecular weight excluding hydrogens is 570 g/mol. The summed E-state index contributed by atoms with van der Waals surface area (Å²) in [6, 6.07) is 27.6. The van der Waals surface area contributed by atoms with E-state index in [1.807, 2.05) is 109 Å². The number of aliphatic hydroxyl groups excluding tert-OH is 1. The van der Waals surface area contributed by atoms with Gasteiger partial charge >= 0.3 is 0 Å². The lowest BCUT2D eigenvalue weighted by Crippen LogP contribution is -2.56. The van der Waals surface area contributed by atoms with E-state index in [-0.39, 0.29) is 29.6 Å². The summed E-state index contributed by atoms with van der Waals surface area (Å²) in [5.74, 6) is -1.88. The molecule has 1 N–H and O–H groups in total. The molecule has 0 bridgehead atoms. The Kier molecular flexibility index (Phi) is 7.64. The number of benzene rings is 3. The van der Waals surface area contributed by atoms with Crippen LogP contribution < -0.4 is 4.90 Å². The number of carbonyl (C=O) groups is 3. The summed E-state index contributed by atoms with van der Waals surface area (Å²) >= 11 is 1.57. The Labute approximate surface area is 261 Å². The van der Waals surface area contributed by atoms with Crippen LogP contribution >= 0.6 is 11.8 Å². The van der Waals surface area contributed by atoms with Crippen LogP contribution in [0.1, 0.15) is 11.1 Å². The van der Waals surface area contributed by atoms with Crippen LogP contribution in [0, 0.1) is 11.8 Å². The number of anilines is 1. The summed E-state index contributed by atoms with van der Waals surface area (Å²) in [5, 5.41) is 10.5. The molecular formula is C36H35N3O4S. The molecule has 224 valence electrons. The van der Waals surface area contributed by atoms with Crippen molar-refractivity contribution in [1.82, 2.24) is 9.80 Å². The van der Waals surface area contributed by atoms with E-state index in [0.717, 1.165) is 16.8 Å². The van der Waals surface area contributed by atoms with Gasteiger partial charge in [0.2, 0.25) is 17.7 Å². The molecule has 0 saturated carbocycles. The molecule has 2 fully saturated rings. The first-order valence-electron chi connectivity index (χ1n) is 15.2. The number of rotatable bonds is 7. The quantitative estimate of drug-likeness (QED) is 0.411. The Morgan fingerprint density at radius 2 is 1.45 bits per heavy atom. The predicted octanol–water partition coefficient (Wildman–Crippen LogP) is 4.09. The zero-order chi connectivity index (χ0) is 30.3. The molecule has 2 saturated heterocycles. The van der Waals surface area contributed by atoms with Gasteiger partial charge in [-0.05, 0) is 29.7 Å². The fourth-order valence-corrected chi connectivity index (χ4v) is 9.43. The van der Waals surface area contributed by atoms with E-state index in [0.29, 0.717) is 26.1 Å². The van der Waals surface area contributed by atoms with Crippen molar-refractivity contribution in [2.75, 3.05) is 24.6 Å². The molecule has 4 heterocycles. The molecule has 4 aliphatic rings. The number of para-hydroxylation sites is 1. The minimum Gasteiger partial charge on any atom is -0.394 e. The summed E-state index contributed by atoms with van der Waals surface area (Å²) < 4.78 is -0.946. The van der Waals surface area contributed by atoms with Crippen molar-refractivity contribution in [3.8, 4) is 0 Å². The highest BCUT2D eigenvalue weighted by Crippen LogP contribution is 2.61. The maximum atomic E-state index is 14.8. The van der Waals surface area contributed by atoms with Gasteiger partial charge in [0.1, 0.15) is 6.04 Å². The zero-order valence-electron chi connectivity index (χ0n) is 24.3. The van der Waals surface area contributed by atoms with Crippen LogP contribution in [0.2, 0.25) is 0 Å². The molecule has 7 nitrogen and oxygen atoms in total. The number of thioether (sulfide) groups is 1. The van der Waals surface area contributed by atoms with Crippen molar-refractivity contribution in [1.29, 1.82) is 0 Å². The molecule has 44 heavy (non-hydrogen) atoms. The molecule has 3 amide bonds. The van der Waals surface area contributed by atoms with Gasteiger partial charge in [0.05, 0.1) is 29.2 Å². The lowest BCUT2D eigenvalue weighted by atomic mass is 9.78. The third kappa shape index (κ3) is 4.77. The number of aliphatic hydroxyl groups is 1. The second-order valence-electron chi connectivity index (χ2n) is 11.9. The summed E-state index contributed by atoms with van der Waals surface area (Å²) in [6.07, 6.45) is 8.50. The standard InChI is InChI=1S/C36H35N3O4S/c40-24-28(22-25-12-4-1-5-13-25)39-32-35(43)37(23-26-14-6-2-7-15-26)20-11-19-36(32)31(34(39)42)30-29(44-36)18-10-21-38(33(30)41)27-16-8-3-9-17-27/h1-19,28-32,40H,20-24H2/t28-,29-,30+,31+,32?,36+/m1/s1. The second kappa shape index (κ2) is 11.7. The second-order valence-corrected chi connectivity index (χ2v) is 13.4. The Morgan fingerprint density at radius 1 is 0.795 bits per heavy atom. The molecule has 8 heteroatoms. The fourth-order valence-electron chi connectivity index (χ4n) is 7.44. The predicted molar refractivity (Wildman–Crippen MR) is 172 cm³/mol. The first-order valence-corrected chi connectivity index (χ1v) is 16.1. The molecule has 0 aromatic heterocycles. The summed E-state index contributed by atoms with van der Waals surface area (Å²) in [4.78, 5) is 49.2. The SMILES string of the molecule is O=C1C2N([C@@H](CO)Cc3ccccc3)C(=O)[C@@H]3[C@H]4C(=O)N(c5ccccc5)CC=C[C@H]4S[C@]23C=CCN1Cc1ccccc1. The minimum absolute atomic E-state index is 0.107. The number of hydrogen-bond acceptors (Lipinski definition) is 5. The van der Waals surface area contributed by atoms with Gasteiger partial charge in [-0.25, -0.2) is 0 Å². The van der Waals surface area contributed by atoms with E-state index in [1.165, 1.54) is 0 Å². The maximum Gasteiger partial charge on any atom is 0.247 e. The van der Waals surface area contributed by atoms with Crippen LogP contribution in [0.5, 0.6) is 0 Å². The first kappa shape index (κ1) is 28.6. The van der Waals surface area contributed by atoms with Gasteiger partial charge in [-0.15, -0.1) is 11.8 Å². The maximum absolute atomic E-state index is 14.8. The molecule has 1 unspecified atom stereocenters. The van der Waals surface area contributed by atoms with E-state index >= 15 is 0 Å². The fraction of sp³-hybridized carbons (Fsp3) is 0.306. The van der Waals surface area contributed by atoms with E-state index in [2.05, 4.69) is 6.08 Å². The van der Waals surface area contributed by atoms with Gasteiger partial charge < -0.3 is 19.8 Å². The Hall–Kier alpha value is -4.14. The van der Waals surface area contributed by atoms with Crippen molar-refractivity contribution in [2.45, 2.75) is 35.0 Å². The topological polar surface area (TPSA) is 81.2 Å². The third-order valence-corrected chi connectivity index (χ3v) is 11.1. The normalized spacial score (nSPS) is 28.4. The first-order chi connectivity index (χ1) is 21.5. The molecule has 0 radical (unpaired) electrons. The molecule has 6 atom stereocenters. The Balaban J connectivity index is 1.32. The van der Waals surface area contributed by atoms with Crippen LogP contribution in [0.15, 0.2) is 115 Å². The molecule has 0 aliphatic carbocycles. The lowest BCUT2D eigenvalue weighted by molar-refractivity contribution is -0.145. The van der Waals surface area contributed by atoms with E-state index in [9.17, 15) is 19.5 Å². The Bertz CT molecular complexity index is 1600. The highest BCUT2D eigenvalue weighted by molar-refractivity contribution is 8.02. The summed E-state index contributed by atoms with van der Waals surface area (Å²) in [7, 11) is 0. The van der Waals surface area contributed by atoms with Crippen molar-refractivity contribution >= 4 is 35.2 Å². The largest absolute Gasteiger partial charge is 0.394 e. The van der Waals surface area contributed by atoms with Crippen LogP contribution in [0.25, 0.3) is 0 Å². The Morgan fingerprint density at radius 3 is 2.14 bits per heavy atom. The molecule has 3 aromatic rings. The van der Waals surface area contributed by atoms with Crippen molar-refractivity contribution in [3.05, 3.63) is 126 Å². The lowest BCUT2D eigenvalue weighted by Gasteiger charge is -2.38. The minimum atomic E-state index is -0.946. The number of amides is 3. The zero-order valence-corrected chi connectivity index (χ0v) is 25.1. The van der Waals surface area contributed by atoms with E-state index < -0.39 is 28.7 Å². The van der Waals surface area contributed by atoms with Crippen molar-refractivity contribution < 1.29 is 19.5 Å². The van der Waals surface area contributed by atoms with Gasteiger partial charge in [-0.2, -0.15) is 0 Å².